The van der Waals surface area contributed by atoms with Gasteiger partial charge in [-0.1, -0.05) is 0 Å². The molecular formula is C18H29IN4O3. The first-order valence-electron chi connectivity index (χ1n) is 8.74. The zero-order valence-electron chi connectivity index (χ0n) is 15.6. The molecule has 8 heteroatoms. The van der Waals surface area contributed by atoms with Crippen LogP contribution in [-0.4, -0.2) is 45.2 Å². The van der Waals surface area contributed by atoms with Gasteiger partial charge in [-0.05, 0) is 38.3 Å². The molecule has 26 heavy (non-hydrogen) atoms. The van der Waals surface area contributed by atoms with Gasteiger partial charge < -0.3 is 25.4 Å². The van der Waals surface area contributed by atoms with E-state index in [1.165, 1.54) is 0 Å². The van der Waals surface area contributed by atoms with Gasteiger partial charge in [-0.2, -0.15) is 0 Å². The van der Waals surface area contributed by atoms with Gasteiger partial charge in [0.25, 0.3) is 0 Å². The first-order chi connectivity index (χ1) is 12.2. The van der Waals surface area contributed by atoms with Crippen molar-refractivity contribution in [2.45, 2.75) is 38.6 Å². The highest BCUT2D eigenvalue weighted by atomic mass is 127. The Hall–Kier alpha value is -1.71. The second-order valence-electron chi connectivity index (χ2n) is 5.87. The lowest BCUT2D eigenvalue weighted by atomic mass is 10.2. The van der Waals surface area contributed by atoms with Gasteiger partial charge in [0, 0.05) is 37.8 Å². The molecule has 0 aromatic heterocycles. The molecule has 0 radical (unpaired) electrons. The average molecular weight is 476 g/mol. The monoisotopic (exact) mass is 476 g/mol. The second kappa shape index (κ2) is 11.8. The first kappa shape index (κ1) is 22.3. The molecular weight excluding hydrogens is 447 g/mol. The minimum Gasteiger partial charge on any atom is -0.493 e. The zero-order chi connectivity index (χ0) is 18.1. The molecule has 3 N–H and O–H groups in total. The maximum absolute atomic E-state index is 11.6. The number of ether oxygens (including phenoxy) is 2. The molecule has 1 fully saturated rings. The predicted molar refractivity (Wildman–Crippen MR) is 115 cm³/mol. The Morgan fingerprint density at radius 2 is 2.08 bits per heavy atom. The van der Waals surface area contributed by atoms with Gasteiger partial charge in [0.1, 0.15) is 0 Å². The van der Waals surface area contributed by atoms with E-state index < -0.39 is 0 Å². The molecule has 1 aliphatic carbocycles. The molecule has 146 valence electrons. The van der Waals surface area contributed by atoms with Crippen LogP contribution in [0.5, 0.6) is 11.5 Å². The topological polar surface area (TPSA) is 84.0 Å². The van der Waals surface area contributed by atoms with Crippen LogP contribution in [0.4, 0.5) is 5.69 Å². The van der Waals surface area contributed by atoms with E-state index >= 15 is 0 Å². The second-order valence-corrected chi connectivity index (χ2v) is 5.87. The quantitative estimate of drug-likeness (QED) is 0.221. The average Bonchev–Trinajstić information content (AvgIpc) is 3.42. The zero-order valence-corrected chi connectivity index (χ0v) is 18.0. The van der Waals surface area contributed by atoms with Gasteiger partial charge in [-0.3, -0.25) is 9.79 Å². The first-order valence-corrected chi connectivity index (χ1v) is 8.74. The van der Waals surface area contributed by atoms with Crippen LogP contribution in [0, 0.1) is 0 Å². The van der Waals surface area contributed by atoms with Crippen molar-refractivity contribution in [2.24, 2.45) is 4.99 Å². The van der Waals surface area contributed by atoms with Crippen LogP contribution >= 0.6 is 24.0 Å². The number of anilines is 1. The third-order valence-electron chi connectivity index (χ3n) is 3.77. The molecule has 0 heterocycles. The number of aliphatic imine (C=N–C) groups is 1. The van der Waals surface area contributed by atoms with Crippen LogP contribution in [0.25, 0.3) is 0 Å². The molecule has 0 saturated heterocycles. The van der Waals surface area contributed by atoms with E-state index in [0.29, 0.717) is 43.1 Å². The molecule has 1 aliphatic rings. The number of nitrogens with zero attached hydrogens (tertiary/aromatic N) is 1. The molecule has 2 rings (SSSR count). The lowest BCUT2D eigenvalue weighted by Crippen LogP contribution is -2.32. The number of rotatable bonds is 9. The highest BCUT2D eigenvalue weighted by Crippen LogP contribution is 2.30. The number of carbonyl (C=O) groups is 1. The third kappa shape index (κ3) is 7.67. The summed E-state index contributed by atoms with van der Waals surface area (Å²) in [5.41, 5.74) is 0.851. The molecule has 0 spiro atoms. The summed E-state index contributed by atoms with van der Waals surface area (Å²) in [5.74, 6) is 2.15. The molecule has 0 aliphatic heterocycles. The lowest BCUT2D eigenvalue weighted by Gasteiger charge is -2.14. The standard InChI is InChI=1S/C18H28N4O3.HI/c1-4-25-16-12-14(9-10-15(16)24-3)22-18(19-2)20-11-5-6-17(23)21-13-7-8-13;/h9-10,12-13H,4-8,11H2,1-3H3,(H,21,23)(H2,19,20,22);1H. The van der Waals surface area contributed by atoms with Crippen LogP contribution in [-0.2, 0) is 4.79 Å². The van der Waals surface area contributed by atoms with Gasteiger partial charge in [0.05, 0.1) is 13.7 Å². The SMILES string of the molecule is CCOc1cc(NC(=NC)NCCCC(=O)NC2CC2)ccc1OC.I. The van der Waals surface area contributed by atoms with Crippen LogP contribution in [0.1, 0.15) is 32.6 Å². The Labute approximate surface area is 172 Å². The molecule has 7 nitrogen and oxygen atoms in total. The van der Waals surface area contributed by atoms with Crippen LogP contribution in [0.3, 0.4) is 0 Å². The maximum atomic E-state index is 11.6. The highest BCUT2D eigenvalue weighted by molar-refractivity contribution is 14.0. The normalized spacial score (nSPS) is 13.4. The number of guanidine groups is 1. The third-order valence-corrected chi connectivity index (χ3v) is 3.77. The van der Waals surface area contributed by atoms with Crippen molar-refractivity contribution < 1.29 is 14.3 Å². The van der Waals surface area contributed by atoms with Gasteiger partial charge in [-0.25, -0.2) is 0 Å². The van der Waals surface area contributed by atoms with E-state index in [4.69, 9.17) is 9.47 Å². The molecule has 1 aromatic rings. The molecule has 1 saturated carbocycles. The molecule has 0 atom stereocenters. The minimum atomic E-state index is 0. The van der Waals surface area contributed by atoms with Crippen molar-refractivity contribution in [3.05, 3.63) is 18.2 Å². The van der Waals surface area contributed by atoms with E-state index in [0.717, 1.165) is 24.9 Å². The molecule has 0 bridgehead atoms. The van der Waals surface area contributed by atoms with E-state index in [1.54, 1.807) is 14.2 Å². The number of hydrogen-bond acceptors (Lipinski definition) is 4. The maximum Gasteiger partial charge on any atom is 0.220 e. The Balaban J connectivity index is 0.00000338. The van der Waals surface area contributed by atoms with Crippen LogP contribution < -0.4 is 25.4 Å². The van der Waals surface area contributed by atoms with Gasteiger partial charge in [0.2, 0.25) is 5.91 Å². The molecule has 1 amide bonds. The molecule has 0 unspecified atom stereocenters. The van der Waals surface area contributed by atoms with E-state index in [1.807, 2.05) is 25.1 Å². The summed E-state index contributed by atoms with van der Waals surface area (Å²) in [7, 11) is 3.33. The van der Waals surface area contributed by atoms with Crippen LogP contribution in [0.15, 0.2) is 23.2 Å². The summed E-state index contributed by atoms with van der Waals surface area (Å²) in [6.45, 7) is 3.17. The number of amides is 1. The fourth-order valence-electron chi connectivity index (χ4n) is 2.32. The number of nitrogens with one attached hydrogen (secondary N) is 3. The van der Waals surface area contributed by atoms with Crippen molar-refractivity contribution in [2.75, 3.05) is 32.6 Å². The van der Waals surface area contributed by atoms with E-state index in [9.17, 15) is 4.79 Å². The summed E-state index contributed by atoms with van der Waals surface area (Å²) in [4.78, 5) is 15.8. The van der Waals surface area contributed by atoms with Crippen LogP contribution in [0.2, 0.25) is 0 Å². The van der Waals surface area contributed by atoms with E-state index in [-0.39, 0.29) is 29.9 Å². The summed E-state index contributed by atoms with van der Waals surface area (Å²) < 4.78 is 10.9. The lowest BCUT2D eigenvalue weighted by molar-refractivity contribution is -0.121. The Morgan fingerprint density at radius 1 is 1.31 bits per heavy atom. The van der Waals surface area contributed by atoms with Crippen molar-refractivity contribution in [3.8, 4) is 11.5 Å². The summed E-state index contributed by atoms with van der Waals surface area (Å²) in [5, 5.41) is 9.41. The Bertz CT molecular complexity index is 606. The number of carbonyl (C=O) groups excluding carboxylic acids is 1. The van der Waals surface area contributed by atoms with E-state index in [2.05, 4.69) is 20.9 Å². The largest absolute Gasteiger partial charge is 0.493 e. The van der Waals surface area contributed by atoms with Crippen molar-refractivity contribution in [3.63, 3.8) is 0 Å². The van der Waals surface area contributed by atoms with Crippen molar-refractivity contribution in [1.82, 2.24) is 10.6 Å². The predicted octanol–water partition coefficient (Wildman–Crippen LogP) is 2.76. The number of benzene rings is 1. The smallest absolute Gasteiger partial charge is 0.220 e. The fourth-order valence-corrected chi connectivity index (χ4v) is 2.32. The van der Waals surface area contributed by atoms with Gasteiger partial charge >= 0.3 is 0 Å². The Kier molecular flexibility index (Phi) is 10.2. The summed E-state index contributed by atoms with van der Waals surface area (Å²) in [6.07, 6.45) is 3.52. The minimum absolute atomic E-state index is 0. The highest BCUT2D eigenvalue weighted by Gasteiger charge is 2.22. The number of methoxy groups -OCH3 is 1. The van der Waals surface area contributed by atoms with Crippen molar-refractivity contribution >= 4 is 41.5 Å². The van der Waals surface area contributed by atoms with Crippen molar-refractivity contribution in [1.29, 1.82) is 0 Å². The molecule has 1 aromatic carbocycles. The Morgan fingerprint density at radius 3 is 2.69 bits per heavy atom. The summed E-state index contributed by atoms with van der Waals surface area (Å²) in [6, 6.07) is 6.04. The van der Waals surface area contributed by atoms with Gasteiger partial charge in [0.15, 0.2) is 17.5 Å². The van der Waals surface area contributed by atoms with Gasteiger partial charge in [-0.15, -0.1) is 24.0 Å². The number of halogens is 1. The number of hydrogen-bond donors (Lipinski definition) is 3. The summed E-state index contributed by atoms with van der Waals surface area (Å²) >= 11 is 0. The fraction of sp³-hybridized carbons (Fsp3) is 0.556.